The van der Waals surface area contributed by atoms with Crippen LogP contribution in [0.1, 0.15) is 44.3 Å². The van der Waals surface area contributed by atoms with Crippen molar-refractivity contribution in [2.75, 3.05) is 4.90 Å². The Labute approximate surface area is 164 Å². The summed E-state index contributed by atoms with van der Waals surface area (Å²) < 4.78 is 1.86. The van der Waals surface area contributed by atoms with Crippen molar-refractivity contribution < 1.29 is 9.59 Å². The Kier molecular flexibility index (Phi) is 4.96. The van der Waals surface area contributed by atoms with Crippen molar-refractivity contribution >= 4 is 29.1 Å². The molecule has 1 atom stereocenters. The van der Waals surface area contributed by atoms with Gasteiger partial charge in [0.05, 0.1) is 5.69 Å². The number of aromatic nitrogens is 1. The number of anilines is 1. The van der Waals surface area contributed by atoms with Gasteiger partial charge in [-0.3, -0.25) is 14.5 Å². The Bertz CT molecular complexity index is 855. The standard InChI is InChI=1S/C21H24ClN3O2/c1-14-7-9-16(10-8-14)23-21(27)20-18-6-3-11-24(18)13-19(26)25(20)17-5-2-4-15(22)12-17/h2-6,11-12,14,16,20H,7-10,13H2,1H3,(H,23,27)/t14?,16?,20-/m0/s1. The molecule has 1 N–H and O–H groups in total. The second-order valence-electron chi connectivity index (χ2n) is 7.67. The lowest BCUT2D eigenvalue weighted by Crippen LogP contribution is -2.51. The van der Waals surface area contributed by atoms with Crippen LogP contribution in [0.2, 0.25) is 5.02 Å². The van der Waals surface area contributed by atoms with Gasteiger partial charge in [-0.2, -0.15) is 0 Å². The lowest BCUT2D eigenvalue weighted by Gasteiger charge is -2.37. The van der Waals surface area contributed by atoms with E-state index in [1.807, 2.05) is 29.0 Å². The normalized spacial score (nSPS) is 25.2. The molecule has 2 aromatic rings. The summed E-state index contributed by atoms with van der Waals surface area (Å²) in [6.07, 6.45) is 6.09. The number of nitrogens with zero attached hydrogens (tertiary/aromatic N) is 2. The molecule has 27 heavy (non-hydrogen) atoms. The first-order valence-corrected chi connectivity index (χ1v) is 9.94. The highest BCUT2D eigenvalue weighted by molar-refractivity contribution is 6.31. The molecule has 0 spiro atoms. The summed E-state index contributed by atoms with van der Waals surface area (Å²) in [5.41, 5.74) is 1.48. The number of fused-ring (bicyclic) bond motifs is 1. The second-order valence-corrected chi connectivity index (χ2v) is 8.11. The van der Waals surface area contributed by atoms with Gasteiger partial charge in [0.25, 0.3) is 0 Å². The van der Waals surface area contributed by atoms with Gasteiger partial charge in [0, 0.05) is 22.9 Å². The van der Waals surface area contributed by atoms with E-state index in [-0.39, 0.29) is 24.4 Å². The Balaban J connectivity index is 1.65. The van der Waals surface area contributed by atoms with Crippen LogP contribution in [0, 0.1) is 5.92 Å². The predicted octanol–water partition coefficient (Wildman–Crippen LogP) is 3.92. The molecule has 2 heterocycles. The summed E-state index contributed by atoms with van der Waals surface area (Å²) >= 11 is 6.14. The smallest absolute Gasteiger partial charge is 0.249 e. The van der Waals surface area contributed by atoms with Gasteiger partial charge >= 0.3 is 0 Å². The van der Waals surface area contributed by atoms with Gasteiger partial charge in [0.2, 0.25) is 11.8 Å². The highest BCUT2D eigenvalue weighted by Crippen LogP contribution is 2.34. The number of hydrogen-bond donors (Lipinski definition) is 1. The van der Waals surface area contributed by atoms with E-state index in [4.69, 9.17) is 11.6 Å². The molecule has 2 aliphatic rings. The number of carbonyl (C=O) groups excluding carboxylic acids is 2. The fourth-order valence-corrected chi connectivity index (χ4v) is 4.36. The molecular formula is C21H24ClN3O2. The first-order valence-electron chi connectivity index (χ1n) is 9.56. The summed E-state index contributed by atoms with van der Waals surface area (Å²) in [5.74, 6) is 0.482. The summed E-state index contributed by atoms with van der Waals surface area (Å²) in [7, 11) is 0. The van der Waals surface area contributed by atoms with Gasteiger partial charge in [0.15, 0.2) is 6.04 Å². The van der Waals surface area contributed by atoms with Gasteiger partial charge in [-0.15, -0.1) is 0 Å². The van der Waals surface area contributed by atoms with Crippen LogP contribution in [0.4, 0.5) is 5.69 Å². The van der Waals surface area contributed by atoms with Crippen LogP contribution in [-0.4, -0.2) is 22.4 Å². The Morgan fingerprint density at radius 3 is 2.67 bits per heavy atom. The molecule has 1 saturated carbocycles. The van der Waals surface area contributed by atoms with Gasteiger partial charge in [-0.05, 0) is 61.9 Å². The van der Waals surface area contributed by atoms with Crippen LogP contribution >= 0.6 is 11.6 Å². The van der Waals surface area contributed by atoms with Crippen molar-refractivity contribution in [3.8, 4) is 0 Å². The van der Waals surface area contributed by atoms with Crippen molar-refractivity contribution in [2.45, 2.75) is 51.2 Å². The molecule has 0 bridgehead atoms. The minimum atomic E-state index is -0.681. The van der Waals surface area contributed by atoms with Crippen LogP contribution in [0.5, 0.6) is 0 Å². The van der Waals surface area contributed by atoms with E-state index < -0.39 is 6.04 Å². The quantitative estimate of drug-likeness (QED) is 0.870. The van der Waals surface area contributed by atoms with Crippen molar-refractivity contribution in [1.29, 1.82) is 0 Å². The monoisotopic (exact) mass is 385 g/mol. The minimum Gasteiger partial charge on any atom is -0.351 e. The molecule has 0 unspecified atom stereocenters. The third-order valence-corrected chi connectivity index (χ3v) is 5.91. The first-order chi connectivity index (χ1) is 13.0. The lowest BCUT2D eigenvalue weighted by molar-refractivity contribution is -0.128. The molecule has 1 aromatic carbocycles. The van der Waals surface area contributed by atoms with E-state index >= 15 is 0 Å². The zero-order chi connectivity index (χ0) is 19.0. The van der Waals surface area contributed by atoms with Crippen LogP contribution in [0.3, 0.4) is 0 Å². The molecule has 0 saturated heterocycles. The molecule has 0 radical (unpaired) electrons. The van der Waals surface area contributed by atoms with Gasteiger partial charge in [-0.25, -0.2) is 0 Å². The fourth-order valence-electron chi connectivity index (χ4n) is 4.17. The summed E-state index contributed by atoms with van der Waals surface area (Å²) in [5, 5.41) is 3.74. The number of benzene rings is 1. The molecule has 6 heteroatoms. The van der Waals surface area contributed by atoms with Crippen LogP contribution in [0.15, 0.2) is 42.6 Å². The molecule has 1 fully saturated rings. The first kappa shape index (κ1) is 18.1. The molecule has 2 amide bonds. The third-order valence-electron chi connectivity index (χ3n) is 5.67. The molecule has 1 aliphatic carbocycles. The average molecular weight is 386 g/mol. The number of hydrogen-bond acceptors (Lipinski definition) is 2. The van der Waals surface area contributed by atoms with E-state index in [1.54, 1.807) is 23.1 Å². The number of rotatable bonds is 3. The van der Waals surface area contributed by atoms with Gasteiger partial charge < -0.3 is 9.88 Å². The van der Waals surface area contributed by atoms with Crippen molar-refractivity contribution in [3.05, 3.63) is 53.3 Å². The van der Waals surface area contributed by atoms with E-state index in [9.17, 15) is 9.59 Å². The van der Waals surface area contributed by atoms with Crippen molar-refractivity contribution in [1.82, 2.24) is 9.88 Å². The van der Waals surface area contributed by atoms with Crippen LogP contribution in [-0.2, 0) is 16.1 Å². The van der Waals surface area contributed by atoms with Crippen LogP contribution in [0.25, 0.3) is 0 Å². The SMILES string of the molecule is CC1CCC(NC(=O)[C@@H]2c3cccn3CC(=O)N2c2cccc(Cl)c2)CC1. The predicted molar refractivity (Wildman–Crippen MR) is 106 cm³/mol. The molecule has 1 aromatic heterocycles. The number of halogens is 1. The van der Waals surface area contributed by atoms with Gasteiger partial charge in [-0.1, -0.05) is 24.6 Å². The minimum absolute atomic E-state index is 0.113. The van der Waals surface area contributed by atoms with E-state index in [1.165, 1.54) is 0 Å². The number of nitrogens with one attached hydrogen (secondary N) is 1. The summed E-state index contributed by atoms with van der Waals surface area (Å²) in [4.78, 5) is 27.8. The maximum Gasteiger partial charge on any atom is 0.249 e. The zero-order valence-electron chi connectivity index (χ0n) is 15.4. The van der Waals surface area contributed by atoms with E-state index in [2.05, 4.69) is 12.2 Å². The lowest BCUT2D eigenvalue weighted by atomic mass is 9.87. The van der Waals surface area contributed by atoms with E-state index in [0.29, 0.717) is 10.7 Å². The Morgan fingerprint density at radius 2 is 1.93 bits per heavy atom. The molecule has 1 aliphatic heterocycles. The van der Waals surface area contributed by atoms with Crippen molar-refractivity contribution in [2.24, 2.45) is 5.92 Å². The Hall–Kier alpha value is -2.27. The topological polar surface area (TPSA) is 54.3 Å². The average Bonchev–Trinajstić information content (AvgIpc) is 3.10. The van der Waals surface area contributed by atoms with Crippen molar-refractivity contribution in [3.63, 3.8) is 0 Å². The van der Waals surface area contributed by atoms with Crippen LogP contribution < -0.4 is 10.2 Å². The summed E-state index contributed by atoms with van der Waals surface area (Å²) in [6.45, 7) is 2.48. The highest BCUT2D eigenvalue weighted by atomic mass is 35.5. The third kappa shape index (κ3) is 3.61. The molecular weight excluding hydrogens is 362 g/mol. The maximum atomic E-state index is 13.3. The summed E-state index contributed by atoms with van der Waals surface area (Å²) in [6, 6.07) is 10.4. The molecule has 4 rings (SSSR count). The fraction of sp³-hybridized carbons (Fsp3) is 0.429. The second kappa shape index (κ2) is 7.39. The number of carbonyl (C=O) groups is 2. The van der Waals surface area contributed by atoms with E-state index in [0.717, 1.165) is 37.3 Å². The largest absolute Gasteiger partial charge is 0.351 e. The highest BCUT2D eigenvalue weighted by Gasteiger charge is 2.39. The number of amides is 2. The van der Waals surface area contributed by atoms with Gasteiger partial charge in [0.1, 0.15) is 6.54 Å². The molecule has 5 nitrogen and oxygen atoms in total. The molecule has 142 valence electrons. The zero-order valence-corrected chi connectivity index (χ0v) is 16.2. The Morgan fingerprint density at radius 1 is 1.15 bits per heavy atom. The maximum absolute atomic E-state index is 13.3.